The van der Waals surface area contributed by atoms with Crippen LogP contribution in [0.5, 0.6) is 0 Å². The van der Waals surface area contributed by atoms with Crippen LogP contribution in [0.3, 0.4) is 0 Å². The fraction of sp³-hybridized carbons (Fsp3) is 0.462. The first kappa shape index (κ1) is 15.9. The molecule has 19 heavy (non-hydrogen) atoms. The molecule has 1 aromatic rings. The van der Waals surface area contributed by atoms with Gasteiger partial charge in [0, 0.05) is 30.6 Å². The summed E-state index contributed by atoms with van der Waals surface area (Å²) in [5, 5.41) is 0. The highest BCUT2D eigenvalue weighted by Crippen LogP contribution is 2.15. The van der Waals surface area contributed by atoms with Crippen LogP contribution in [-0.2, 0) is 9.84 Å². The molecule has 1 aromatic carbocycles. The van der Waals surface area contributed by atoms with Gasteiger partial charge >= 0.3 is 0 Å². The minimum Gasteiger partial charge on any atom is -0.389 e. The number of benzene rings is 1. The van der Waals surface area contributed by atoms with E-state index >= 15 is 0 Å². The smallest absolute Gasteiger partial charge is 0.152 e. The maximum Gasteiger partial charge on any atom is 0.152 e. The molecule has 0 bridgehead atoms. The van der Waals surface area contributed by atoms with Crippen molar-refractivity contribution in [3.05, 3.63) is 29.8 Å². The molecule has 1 rings (SSSR count). The van der Waals surface area contributed by atoms with Gasteiger partial charge < -0.3 is 10.6 Å². The Labute approximate surface area is 120 Å². The zero-order valence-electron chi connectivity index (χ0n) is 11.3. The van der Waals surface area contributed by atoms with Gasteiger partial charge in [-0.05, 0) is 18.6 Å². The van der Waals surface area contributed by atoms with Crippen molar-refractivity contribution < 1.29 is 8.42 Å². The highest BCUT2D eigenvalue weighted by molar-refractivity contribution is 7.91. The SMILES string of the molecule is CCCS(=O)(=O)CCN(C)c1cccc(C(N)=S)c1. The van der Waals surface area contributed by atoms with Crippen molar-refractivity contribution in [1.29, 1.82) is 0 Å². The maximum atomic E-state index is 11.7. The topological polar surface area (TPSA) is 63.4 Å². The number of nitrogens with two attached hydrogens (primary N) is 1. The van der Waals surface area contributed by atoms with Crippen LogP contribution in [0.25, 0.3) is 0 Å². The van der Waals surface area contributed by atoms with E-state index in [1.54, 1.807) is 0 Å². The van der Waals surface area contributed by atoms with E-state index in [0.717, 1.165) is 11.3 Å². The fourth-order valence-electron chi connectivity index (χ4n) is 1.71. The van der Waals surface area contributed by atoms with Crippen molar-refractivity contribution in [2.45, 2.75) is 13.3 Å². The van der Waals surface area contributed by atoms with Gasteiger partial charge in [0.1, 0.15) is 4.99 Å². The van der Waals surface area contributed by atoms with Crippen molar-refractivity contribution in [3.63, 3.8) is 0 Å². The summed E-state index contributed by atoms with van der Waals surface area (Å²) in [5.41, 5.74) is 7.28. The highest BCUT2D eigenvalue weighted by atomic mass is 32.2. The number of thiocarbonyl (C=S) groups is 1. The van der Waals surface area contributed by atoms with Crippen LogP contribution in [0.2, 0.25) is 0 Å². The lowest BCUT2D eigenvalue weighted by Crippen LogP contribution is -2.26. The Balaban J connectivity index is 2.71. The summed E-state index contributed by atoms with van der Waals surface area (Å²) in [6.07, 6.45) is 0.656. The summed E-state index contributed by atoms with van der Waals surface area (Å²) >= 11 is 4.93. The molecule has 0 saturated heterocycles. The van der Waals surface area contributed by atoms with Crippen LogP contribution >= 0.6 is 12.2 Å². The monoisotopic (exact) mass is 300 g/mol. The summed E-state index contributed by atoms with van der Waals surface area (Å²) in [6, 6.07) is 7.48. The molecule has 0 heterocycles. The predicted octanol–water partition coefficient (Wildman–Crippen LogP) is 1.58. The van der Waals surface area contributed by atoms with Crippen LogP contribution in [-0.4, -0.2) is 38.5 Å². The van der Waals surface area contributed by atoms with Gasteiger partial charge in [-0.3, -0.25) is 0 Å². The second kappa shape index (κ2) is 6.86. The lowest BCUT2D eigenvalue weighted by molar-refractivity contribution is 0.594. The molecular weight excluding hydrogens is 280 g/mol. The van der Waals surface area contributed by atoms with Crippen LogP contribution in [0.4, 0.5) is 5.69 Å². The molecule has 0 saturated carbocycles. The minimum absolute atomic E-state index is 0.161. The van der Waals surface area contributed by atoms with Crippen LogP contribution < -0.4 is 10.6 Å². The number of hydrogen-bond donors (Lipinski definition) is 1. The molecule has 2 N–H and O–H groups in total. The van der Waals surface area contributed by atoms with Crippen molar-refractivity contribution in [3.8, 4) is 0 Å². The zero-order chi connectivity index (χ0) is 14.5. The van der Waals surface area contributed by atoms with E-state index in [2.05, 4.69) is 0 Å². The molecule has 0 radical (unpaired) electrons. The van der Waals surface area contributed by atoms with E-state index in [-0.39, 0.29) is 11.5 Å². The van der Waals surface area contributed by atoms with Gasteiger partial charge in [0.15, 0.2) is 9.84 Å². The molecule has 0 aliphatic rings. The third-order valence-electron chi connectivity index (χ3n) is 2.82. The molecule has 0 aliphatic heterocycles. The average molecular weight is 300 g/mol. The van der Waals surface area contributed by atoms with E-state index in [1.807, 2.05) is 43.1 Å². The molecule has 106 valence electrons. The maximum absolute atomic E-state index is 11.7. The molecule has 0 fully saturated rings. The van der Waals surface area contributed by atoms with Crippen LogP contribution in [0.1, 0.15) is 18.9 Å². The summed E-state index contributed by atoms with van der Waals surface area (Å²) in [4.78, 5) is 2.24. The molecular formula is C13H20N2O2S2. The number of sulfone groups is 1. The van der Waals surface area contributed by atoms with Crippen molar-refractivity contribution in [2.24, 2.45) is 5.73 Å². The number of nitrogens with zero attached hydrogens (tertiary/aromatic N) is 1. The third-order valence-corrected chi connectivity index (χ3v) is 4.89. The van der Waals surface area contributed by atoms with Crippen molar-refractivity contribution >= 4 is 32.7 Å². The van der Waals surface area contributed by atoms with Crippen molar-refractivity contribution in [2.75, 3.05) is 30.0 Å². The van der Waals surface area contributed by atoms with E-state index in [1.165, 1.54) is 0 Å². The van der Waals surface area contributed by atoms with Gasteiger partial charge in [0.05, 0.1) is 5.75 Å². The Bertz CT molecular complexity index is 541. The van der Waals surface area contributed by atoms with E-state index in [9.17, 15) is 8.42 Å². The standard InChI is InChI=1S/C13H20N2O2S2/c1-3-8-19(16,17)9-7-15(2)12-6-4-5-11(10-12)13(14)18/h4-6,10H,3,7-9H2,1-2H3,(H2,14,18). The molecule has 0 spiro atoms. The molecule has 6 heteroatoms. The van der Waals surface area contributed by atoms with Gasteiger partial charge in [-0.15, -0.1) is 0 Å². The second-order valence-corrected chi connectivity index (χ2v) is 7.23. The van der Waals surface area contributed by atoms with Crippen molar-refractivity contribution in [1.82, 2.24) is 0 Å². The first-order chi connectivity index (χ1) is 8.85. The first-order valence-electron chi connectivity index (χ1n) is 6.17. The van der Waals surface area contributed by atoms with E-state index < -0.39 is 9.84 Å². The fourth-order valence-corrected chi connectivity index (χ4v) is 3.22. The third kappa shape index (κ3) is 5.16. The molecule has 0 aromatic heterocycles. The molecule has 4 nitrogen and oxygen atoms in total. The van der Waals surface area contributed by atoms with Gasteiger partial charge in [-0.2, -0.15) is 0 Å². The predicted molar refractivity (Wildman–Crippen MR) is 84.5 cm³/mol. The Morgan fingerprint density at radius 3 is 2.63 bits per heavy atom. The highest BCUT2D eigenvalue weighted by Gasteiger charge is 2.11. The quantitative estimate of drug-likeness (QED) is 0.775. The lowest BCUT2D eigenvalue weighted by atomic mass is 10.2. The Hall–Kier alpha value is -1.14. The first-order valence-corrected chi connectivity index (χ1v) is 8.40. The average Bonchev–Trinajstić information content (AvgIpc) is 2.36. The van der Waals surface area contributed by atoms with Crippen LogP contribution in [0.15, 0.2) is 24.3 Å². The van der Waals surface area contributed by atoms with Gasteiger partial charge in [0.2, 0.25) is 0 Å². The van der Waals surface area contributed by atoms with Gasteiger partial charge in [0.25, 0.3) is 0 Å². The number of rotatable bonds is 7. The summed E-state index contributed by atoms with van der Waals surface area (Å²) in [7, 11) is -1.09. The van der Waals surface area contributed by atoms with E-state index in [4.69, 9.17) is 18.0 Å². The Kier molecular flexibility index (Phi) is 5.75. The van der Waals surface area contributed by atoms with Gasteiger partial charge in [-0.1, -0.05) is 31.3 Å². The van der Waals surface area contributed by atoms with Gasteiger partial charge in [-0.25, -0.2) is 8.42 Å². The Morgan fingerprint density at radius 2 is 2.05 bits per heavy atom. The number of hydrogen-bond acceptors (Lipinski definition) is 4. The molecule has 0 amide bonds. The summed E-state index contributed by atoms with van der Waals surface area (Å²) in [5.74, 6) is 0.405. The second-order valence-electron chi connectivity index (χ2n) is 4.49. The molecule has 0 atom stereocenters. The largest absolute Gasteiger partial charge is 0.389 e. The summed E-state index contributed by atoms with van der Waals surface area (Å²) < 4.78 is 23.3. The molecule has 0 aliphatic carbocycles. The summed E-state index contributed by atoms with van der Waals surface area (Å²) in [6.45, 7) is 2.33. The van der Waals surface area contributed by atoms with E-state index in [0.29, 0.717) is 18.0 Å². The zero-order valence-corrected chi connectivity index (χ0v) is 12.9. The Morgan fingerprint density at radius 1 is 1.37 bits per heavy atom. The lowest BCUT2D eigenvalue weighted by Gasteiger charge is -2.19. The normalized spacial score (nSPS) is 11.3. The van der Waals surface area contributed by atoms with Crippen LogP contribution in [0, 0.1) is 0 Å². The molecule has 0 unspecified atom stereocenters. The minimum atomic E-state index is -2.95. The number of anilines is 1.